The van der Waals surface area contributed by atoms with E-state index in [0.717, 1.165) is 0 Å². The molecule has 2 aromatic rings. The first-order valence-corrected chi connectivity index (χ1v) is 8.00. The van der Waals surface area contributed by atoms with E-state index in [1.165, 1.54) is 6.07 Å². The number of aliphatic carboxylic acids is 1. The molecule has 0 spiro atoms. The van der Waals surface area contributed by atoms with Crippen molar-refractivity contribution in [2.75, 3.05) is 0 Å². The molecule has 8 heteroatoms. The van der Waals surface area contributed by atoms with Crippen LogP contribution in [0.2, 0.25) is 5.02 Å². The predicted molar refractivity (Wildman–Crippen MR) is 87.2 cm³/mol. The van der Waals surface area contributed by atoms with Crippen LogP contribution in [0.5, 0.6) is 0 Å². The van der Waals surface area contributed by atoms with Crippen molar-refractivity contribution >= 4 is 40.4 Å². The van der Waals surface area contributed by atoms with Crippen molar-refractivity contribution in [3.05, 3.63) is 35.5 Å². The molecule has 1 fully saturated rings. The van der Waals surface area contributed by atoms with Crippen LogP contribution in [0.15, 0.2) is 16.5 Å². The number of hydrogen-bond donors (Lipinski definition) is 1. The van der Waals surface area contributed by atoms with E-state index >= 15 is 0 Å². The van der Waals surface area contributed by atoms with Crippen LogP contribution in [-0.4, -0.2) is 33.9 Å². The maximum Gasteiger partial charge on any atom is 0.309 e. The minimum Gasteiger partial charge on any atom is -0.481 e. The van der Waals surface area contributed by atoms with E-state index in [1.807, 2.05) is 0 Å². The maximum absolute atomic E-state index is 12.6. The van der Waals surface area contributed by atoms with Crippen LogP contribution < -0.4 is 0 Å². The number of ketones is 1. The first-order valence-electron chi connectivity index (χ1n) is 7.62. The highest BCUT2D eigenvalue weighted by molar-refractivity contribution is 6.35. The monoisotopic (exact) mass is 364 g/mol. The van der Waals surface area contributed by atoms with E-state index in [4.69, 9.17) is 25.9 Å². The molecule has 7 nitrogen and oxygen atoms in total. The number of benzene rings is 1. The van der Waals surface area contributed by atoms with Crippen LogP contribution in [0.25, 0.3) is 11.1 Å². The fourth-order valence-electron chi connectivity index (χ4n) is 2.69. The van der Waals surface area contributed by atoms with Crippen molar-refractivity contribution < 1.29 is 28.6 Å². The van der Waals surface area contributed by atoms with Gasteiger partial charge in [-0.25, -0.2) is 4.98 Å². The Morgan fingerprint density at radius 3 is 2.84 bits per heavy atom. The molecule has 0 amide bonds. The van der Waals surface area contributed by atoms with E-state index in [2.05, 4.69) is 11.9 Å². The summed E-state index contributed by atoms with van der Waals surface area (Å²) in [5.41, 5.74) is 1.24. The summed E-state index contributed by atoms with van der Waals surface area (Å²) >= 11 is 6.12. The molecule has 0 saturated heterocycles. The number of aromatic nitrogens is 1. The number of carbonyl (C=O) groups excluding carboxylic acids is 2. The predicted octanol–water partition coefficient (Wildman–Crippen LogP) is 2.83. The Morgan fingerprint density at radius 1 is 1.44 bits per heavy atom. The molecule has 1 N–H and O–H groups in total. The van der Waals surface area contributed by atoms with Gasteiger partial charge in [0.1, 0.15) is 11.6 Å². The third-order valence-electron chi connectivity index (χ3n) is 3.95. The molecule has 1 aromatic carbocycles. The van der Waals surface area contributed by atoms with E-state index in [0.29, 0.717) is 29.0 Å². The molecule has 0 bridgehead atoms. The van der Waals surface area contributed by atoms with Crippen molar-refractivity contribution in [1.82, 2.24) is 4.98 Å². The first-order chi connectivity index (χ1) is 11.8. The van der Waals surface area contributed by atoms with Gasteiger partial charge in [-0.05, 0) is 25.5 Å². The lowest BCUT2D eigenvalue weighted by Crippen LogP contribution is -2.21. The summed E-state index contributed by atoms with van der Waals surface area (Å²) in [6.07, 6.45) is -1.01. The van der Waals surface area contributed by atoms with Crippen LogP contribution in [0, 0.1) is 25.7 Å². The second-order valence-corrected chi connectivity index (χ2v) is 6.42. The Labute approximate surface area is 147 Å². The van der Waals surface area contributed by atoms with Gasteiger partial charge in [0, 0.05) is 18.4 Å². The quantitative estimate of drug-likeness (QED) is 0.620. The number of Topliss-reactive ketones (excluding diaryl/α,β-unsaturated/α-hetero) is 1. The zero-order valence-corrected chi connectivity index (χ0v) is 14.1. The van der Waals surface area contributed by atoms with Gasteiger partial charge in [0.15, 0.2) is 17.3 Å². The number of carboxylic acids is 1. The Hall–Kier alpha value is -2.41. The molecule has 3 rings (SSSR count). The molecular weight excluding hydrogens is 350 g/mol. The van der Waals surface area contributed by atoms with E-state index in [-0.39, 0.29) is 17.2 Å². The van der Waals surface area contributed by atoms with Crippen molar-refractivity contribution in [2.45, 2.75) is 25.9 Å². The van der Waals surface area contributed by atoms with E-state index in [9.17, 15) is 14.4 Å². The largest absolute Gasteiger partial charge is 0.481 e. The number of carboxylic acid groups (broad SMARTS) is 1. The zero-order chi connectivity index (χ0) is 18.3. The van der Waals surface area contributed by atoms with Gasteiger partial charge in [-0.3, -0.25) is 14.4 Å². The Morgan fingerprint density at radius 2 is 2.16 bits per heavy atom. The number of esters is 1. The average Bonchev–Trinajstić information content (AvgIpc) is 3.21. The molecule has 1 unspecified atom stereocenters. The van der Waals surface area contributed by atoms with E-state index < -0.39 is 29.9 Å². The van der Waals surface area contributed by atoms with Gasteiger partial charge in [0.25, 0.3) is 0 Å². The highest BCUT2D eigenvalue weighted by Crippen LogP contribution is 2.43. The normalized spacial score (nSPS) is 20.3. The number of aryl methyl sites for hydroxylation is 1. The molecule has 131 valence electrons. The lowest BCUT2D eigenvalue weighted by molar-refractivity contribution is -0.152. The fraction of sp³-hybridized carbons (Fsp3) is 0.353. The highest BCUT2D eigenvalue weighted by Gasteiger charge is 2.49. The Balaban J connectivity index is 1.69. The number of carbonyl (C=O) groups is 3. The molecule has 1 saturated carbocycles. The Bertz CT molecular complexity index is 873. The Kier molecular flexibility index (Phi) is 4.51. The molecule has 1 aliphatic carbocycles. The van der Waals surface area contributed by atoms with Gasteiger partial charge in [0.2, 0.25) is 0 Å². The SMILES string of the molecule is [CH2]C(CC(=O)O)OC(=O)[C@H]1C[C@@H]1C(=O)c1cc(Cl)c2oc(C)nc2c1. The first kappa shape index (κ1) is 17.4. The molecule has 25 heavy (non-hydrogen) atoms. The average molecular weight is 365 g/mol. The van der Waals surface area contributed by atoms with Crippen molar-refractivity contribution in [3.63, 3.8) is 0 Å². The molecule has 0 aliphatic heterocycles. The van der Waals surface area contributed by atoms with Crippen LogP contribution in [0.3, 0.4) is 0 Å². The molecule has 3 atom stereocenters. The maximum atomic E-state index is 12.6. The van der Waals surface area contributed by atoms with Crippen LogP contribution in [0.1, 0.15) is 29.1 Å². The summed E-state index contributed by atoms with van der Waals surface area (Å²) < 4.78 is 10.3. The van der Waals surface area contributed by atoms with E-state index in [1.54, 1.807) is 13.0 Å². The summed E-state index contributed by atoms with van der Waals surface area (Å²) in [6, 6.07) is 3.07. The van der Waals surface area contributed by atoms with Crippen molar-refractivity contribution in [2.24, 2.45) is 11.8 Å². The third-order valence-corrected chi connectivity index (χ3v) is 4.23. The fourth-order valence-corrected chi connectivity index (χ4v) is 2.95. The summed E-state index contributed by atoms with van der Waals surface area (Å²) in [5.74, 6) is -2.60. The second kappa shape index (κ2) is 6.48. The van der Waals surface area contributed by atoms with Crippen molar-refractivity contribution in [3.8, 4) is 0 Å². The number of fused-ring (bicyclic) bond motifs is 1. The minimum atomic E-state index is -1.11. The lowest BCUT2D eigenvalue weighted by Gasteiger charge is -2.10. The topological polar surface area (TPSA) is 107 Å². The summed E-state index contributed by atoms with van der Waals surface area (Å²) in [7, 11) is 0. The van der Waals surface area contributed by atoms with Crippen LogP contribution in [-0.2, 0) is 14.3 Å². The lowest BCUT2D eigenvalue weighted by atomic mass is 10.1. The van der Waals surface area contributed by atoms with Gasteiger partial charge in [-0.1, -0.05) is 11.6 Å². The van der Waals surface area contributed by atoms with Gasteiger partial charge >= 0.3 is 11.9 Å². The van der Waals surface area contributed by atoms with Gasteiger partial charge < -0.3 is 14.3 Å². The van der Waals surface area contributed by atoms with Gasteiger partial charge in [-0.2, -0.15) is 0 Å². The molecule has 1 aromatic heterocycles. The number of halogens is 1. The second-order valence-electron chi connectivity index (χ2n) is 6.01. The number of rotatable bonds is 6. The van der Waals surface area contributed by atoms with Crippen LogP contribution in [0.4, 0.5) is 0 Å². The van der Waals surface area contributed by atoms with Crippen molar-refractivity contribution in [1.29, 1.82) is 0 Å². The van der Waals surface area contributed by atoms with Gasteiger partial charge in [0.05, 0.1) is 17.4 Å². The van der Waals surface area contributed by atoms with Crippen LogP contribution >= 0.6 is 11.6 Å². The summed E-state index contributed by atoms with van der Waals surface area (Å²) in [6.45, 7) is 5.14. The summed E-state index contributed by atoms with van der Waals surface area (Å²) in [4.78, 5) is 39.2. The van der Waals surface area contributed by atoms with Gasteiger partial charge in [-0.15, -0.1) is 0 Å². The summed E-state index contributed by atoms with van der Waals surface area (Å²) in [5, 5.41) is 8.92. The smallest absolute Gasteiger partial charge is 0.309 e. The standard InChI is InChI=1S/C17H15ClNO6/c1-7(3-14(20)21)24-17(23)11-6-10(11)15(22)9-4-12(18)16-13(5-9)19-8(2)25-16/h4-5,7,10-11H,1,3,6H2,2H3,(H,20,21)/t7?,10-,11-/m0/s1. The zero-order valence-electron chi connectivity index (χ0n) is 13.3. The number of nitrogens with zero attached hydrogens (tertiary/aromatic N) is 1. The molecule has 1 radical (unpaired) electrons. The number of ether oxygens (including phenoxy) is 1. The third kappa shape index (κ3) is 3.66. The number of hydrogen-bond acceptors (Lipinski definition) is 6. The number of oxazole rings is 1. The highest BCUT2D eigenvalue weighted by atomic mass is 35.5. The molecule has 1 aliphatic rings. The molecular formula is C17H15ClNO6. The minimum absolute atomic E-state index is 0.231. The molecule has 1 heterocycles.